The summed E-state index contributed by atoms with van der Waals surface area (Å²) in [4.78, 5) is 12.2. The van der Waals surface area contributed by atoms with Crippen molar-refractivity contribution in [3.8, 4) is 17.4 Å². The Morgan fingerprint density at radius 3 is 2.44 bits per heavy atom. The zero-order chi connectivity index (χ0) is 17.8. The Morgan fingerprint density at radius 1 is 1.20 bits per heavy atom. The molecule has 0 bridgehead atoms. The maximum Gasteiger partial charge on any atom is 0.305 e. The topological polar surface area (TPSA) is 79.3 Å². The smallest absolute Gasteiger partial charge is 0.305 e. The molecule has 0 fully saturated rings. The van der Waals surface area contributed by atoms with Gasteiger partial charge in [-0.2, -0.15) is 0 Å². The van der Waals surface area contributed by atoms with Crippen LogP contribution < -0.4 is 14.5 Å². The Kier molecular flexibility index (Phi) is 4.95. The Bertz CT molecular complexity index is 915. The molecule has 0 saturated carbocycles. The van der Waals surface area contributed by atoms with Crippen LogP contribution in [0.1, 0.15) is 15.9 Å². The summed E-state index contributed by atoms with van der Waals surface area (Å²) >= 11 is 3.10. The van der Waals surface area contributed by atoms with Gasteiger partial charge in [-0.3, -0.25) is 4.79 Å². The minimum atomic E-state index is -0.567. The van der Waals surface area contributed by atoms with E-state index < -0.39 is 5.95 Å². The van der Waals surface area contributed by atoms with Crippen LogP contribution in [0.3, 0.4) is 0 Å². The van der Waals surface area contributed by atoms with Crippen LogP contribution in [0.5, 0.6) is 11.7 Å². The van der Waals surface area contributed by atoms with Gasteiger partial charge in [-0.05, 0) is 40.6 Å². The fraction of sp³-hybridized carbons (Fsp3) is 0.0556. The number of ketones is 1. The molecule has 0 unspecified atom stereocenters. The molecule has 1 heterocycles. The lowest BCUT2D eigenvalue weighted by Gasteiger charge is -1.99. The third-order valence-electron chi connectivity index (χ3n) is 3.50. The number of hydrogen-bond acceptors (Lipinski definition) is 5. The van der Waals surface area contributed by atoms with Gasteiger partial charge in [0.05, 0.1) is 12.4 Å². The molecule has 2 aromatic carbocycles. The highest BCUT2D eigenvalue weighted by atomic mass is 79.9. The molecular weight excluding hydrogens is 388 g/mol. The van der Waals surface area contributed by atoms with E-state index in [1.54, 1.807) is 37.5 Å². The predicted molar refractivity (Wildman–Crippen MR) is 91.5 cm³/mol. The summed E-state index contributed by atoms with van der Waals surface area (Å²) < 4.78 is 11.1. The van der Waals surface area contributed by atoms with Crippen molar-refractivity contribution < 1.29 is 23.8 Å². The standard InChI is InChI=1S/C18H13BrN2O4/c1-24-15-9-2-12(3-10-15)4-11-16(22)13-5-7-14(8-6-13)21-17(19)18(23)25-20-21/h2-11H,1H3/b11-4+. The van der Waals surface area contributed by atoms with E-state index in [9.17, 15) is 9.90 Å². The number of carbonyl (C=O) groups is 1. The molecule has 3 aromatic rings. The predicted octanol–water partition coefficient (Wildman–Crippen LogP) is 2.69. The summed E-state index contributed by atoms with van der Waals surface area (Å²) in [5, 5.41) is 14.9. The fourth-order valence-electron chi connectivity index (χ4n) is 2.15. The molecule has 0 aliphatic carbocycles. The van der Waals surface area contributed by atoms with Crippen LogP contribution in [-0.4, -0.2) is 18.2 Å². The molecule has 0 atom stereocenters. The number of benzene rings is 2. The maximum absolute atomic E-state index is 12.2. The highest BCUT2D eigenvalue weighted by Gasteiger charge is 2.17. The number of hydrogen-bond donors (Lipinski definition) is 0. The van der Waals surface area contributed by atoms with Crippen molar-refractivity contribution in [1.82, 2.24) is 5.27 Å². The van der Waals surface area contributed by atoms with Crippen molar-refractivity contribution in [3.63, 3.8) is 0 Å². The quantitative estimate of drug-likeness (QED) is 0.373. The van der Waals surface area contributed by atoms with Gasteiger partial charge in [0.25, 0.3) is 0 Å². The molecule has 25 heavy (non-hydrogen) atoms. The number of halogens is 1. The molecule has 0 spiro atoms. The van der Waals surface area contributed by atoms with Crippen molar-refractivity contribution in [1.29, 1.82) is 0 Å². The second-order valence-electron chi connectivity index (χ2n) is 5.08. The van der Waals surface area contributed by atoms with Gasteiger partial charge in [0, 0.05) is 33.6 Å². The zero-order valence-electron chi connectivity index (χ0n) is 13.2. The minimum Gasteiger partial charge on any atom is -0.538 e. The Hall–Kier alpha value is -2.93. The van der Waals surface area contributed by atoms with Gasteiger partial charge in [0.15, 0.2) is 11.7 Å². The molecular formula is C18H13BrN2O4. The largest absolute Gasteiger partial charge is 0.538 e. The number of rotatable bonds is 5. The van der Waals surface area contributed by atoms with Gasteiger partial charge in [-0.1, -0.05) is 18.2 Å². The average molecular weight is 401 g/mol. The van der Waals surface area contributed by atoms with E-state index in [-0.39, 0.29) is 10.4 Å². The number of allylic oxidation sites excluding steroid dienone is 1. The summed E-state index contributed by atoms with van der Waals surface area (Å²) in [6, 6.07) is 14.1. The molecule has 7 heteroatoms. The van der Waals surface area contributed by atoms with Gasteiger partial charge in [-0.15, -0.1) is 0 Å². The van der Waals surface area contributed by atoms with Gasteiger partial charge >= 0.3 is 4.60 Å². The van der Waals surface area contributed by atoms with E-state index in [1.165, 1.54) is 10.8 Å². The fourth-order valence-corrected chi connectivity index (χ4v) is 2.49. The molecule has 0 N–H and O–H groups in total. The van der Waals surface area contributed by atoms with Crippen LogP contribution in [0.4, 0.5) is 0 Å². The maximum atomic E-state index is 12.2. The first kappa shape index (κ1) is 16.9. The van der Waals surface area contributed by atoms with E-state index in [4.69, 9.17) is 4.74 Å². The second kappa shape index (κ2) is 7.31. The van der Waals surface area contributed by atoms with Crippen molar-refractivity contribution in [2.24, 2.45) is 0 Å². The lowest BCUT2D eigenvalue weighted by molar-refractivity contribution is -0.680. The number of nitrogens with zero attached hydrogens (tertiary/aromatic N) is 2. The molecule has 126 valence electrons. The highest BCUT2D eigenvalue weighted by Crippen LogP contribution is 2.17. The number of carbonyl (C=O) groups excluding carboxylic acids is 1. The van der Waals surface area contributed by atoms with Gasteiger partial charge in [-0.25, -0.2) is 0 Å². The van der Waals surface area contributed by atoms with Crippen LogP contribution in [0.2, 0.25) is 0 Å². The summed E-state index contributed by atoms with van der Waals surface area (Å²) in [6.45, 7) is 0. The number of ether oxygens (including phenoxy) is 1. The Morgan fingerprint density at radius 2 is 1.88 bits per heavy atom. The molecule has 0 radical (unpaired) electrons. The third-order valence-corrected chi connectivity index (χ3v) is 4.16. The SMILES string of the molecule is COc1ccc(/C=C/C(=O)c2ccc(-[n+]3noc([O-])c3Br)cc2)cc1. The molecule has 3 rings (SSSR count). The van der Waals surface area contributed by atoms with E-state index >= 15 is 0 Å². The van der Waals surface area contributed by atoms with Crippen LogP contribution in [0.15, 0.2) is 63.7 Å². The van der Waals surface area contributed by atoms with E-state index in [2.05, 4.69) is 25.7 Å². The summed E-state index contributed by atoms with van der Waals surface area (Å²) in [5.74, 6) is 0.0653. The molecule has 6 nitrogen and oxygen atoms in total. The second-order valence-corrected chi connectivity index (χ2v) is 5.83. The van der Waals surface area contributed by atoms with Gasteiger partial charge in [0.1, 0.15) is 5.75 Å². The molecule has 0 aliphatic rings. The van der Waals surface area contributed by atoms with Crippen molar-refractivity contribution in [2.45, 2.75) is 0 Å². The summed E-state index contributed by atoms with van der Waals surface area (Å²) in [6.07, 6.45) is 3.24. The van der Waals surface area contributed by atoms with E-state index in [0.717, 1.165) is 11.3 Å². The van der Waals surface area contributed by atoms with Crippen LogP contribution in [-0.2, 0) is 0 Å². The van der Waals surface area contributed by atoms with Crippen LogP contribution >= 0.6 is 15.9 Å². The molecule has 0 aliphatic heterocycles. The average Bonchev–Trinajstić information content (AvgIpc) is 2.99. The number of methoxy groups -OCH3 is 1. The molecule has 0 saturated heterocycles. The summed E-state index contributed by atoms with van der Waals surface area (Å²) in [5.41, 5.74) is 2.03. The monoisotopic (exact) mass is 400 g/mol. The first-order valence-electron chi connectivity index (χ1n) is 7.30. The Balaban J connectivity index is 1.74. The van der Waals surface area contributed by atoms with Crippen molar-refractivity contribution in [3.05, 3.63) is 70.3 Å². The first-order valence-corrected chi connectivity index (χ1v) is 8.09. The number of aromatic nitrogens is 2. The van der Waals surface area contributed by atoms with Crippen LogP contribution in [0.25, 0.3) is 11.8 Å². The van der Waals surface area contributed by atoms with E-state index in [0.29, 0.717) is 11.3 Å². The summed E-state index contributed by atoms with van der Waals surface area (Å²) in [7, 11) is 1.60. The first-order chi connectivity index (χ1) is 12.1. The van der Waals surface area contributed by atoms with Gasteiger partial charge in [0.2, 0.25) is 5.69 Å². The lowest BCUT2D eigenvalue weighted by Crippen LogP contribution is -2.33. The van der Waals surface area contributed by atoms with Crippen LogP contribution in [0, 0.1) is 0 Å². The van der Waals surface area contributed by atoms with E-state index in [1.807, 2.05) is 24.3 Å². The zero-order valence-corrected chi connectivity index (χ0v) is 14.8. The molecule has 1 aromatic heterocycles. The lowest BCUT2D eigenvalue weighted by atomic mass is 10.1. The third kappa shape index (κ3) is 3.77. The molecule has 0 amide bonds. The highest BCUT2D eigenvalue weighted by molar-refractivity contribution is 9.10. The minimum absolute atomic E-state index is 0.129. The Labute approximate surface area is 152 Å². The van der Waals surface area contributed by atoms with Gasteiger partial charge < -0.3 is 14.4 Å². The van der Waals surface area contributed by atoms with Crippen molar-refractivity contribution in [2.75, 3.05) is 7.11 Å². The normalized spacial score (nSPS) is 11.0. The van der Waals surface area contributed by atoms with Crippen molar-refractivity contribution >= 4 is 27.8 Å².